The van der Waals surface area contributed by atoms with E-state index >= 15 is 0 Å². The summed E-state index contributed by atoms with van der Waals surface area (Å²) in [5.41, 5.74) is 6.54. The van der Waals surface area contributed by atoms with Crippen LogP contribution in [0.4, 0.5) is 10.5 Å². The largest absolute Gasteiger partial charge is 0.443 e. The molecule has 1 rings (SSSR count). The van der Waals surface area contributed by atoms with Crippen LogP contribution in [0.3, 0.4) is 0 Å². The molecule has 0 spiro atoms. The van der Waals surface area contributed by atoms with E-state index in [1.54, 1.807) is 12.1 Å². The van der Waals surface area contributed by atoms with Crippen molar-refractivity contribution in [3.63, 3.8) is 0 Å². The van der Waals surface area contributed by atoms with Gasteiger partial charge in [0.2, 0.25) is 17.7 Å². The molecule has 1 aromatic carbocycles. The lowest BCUT2D eigenvalue weighted by atomic mass is 10.1. The van der Waals surface area contributed by atoms with Gasteiger partial charge in [-0.15, -0.1) is 23.2 Å². The zero-order chi connectivity index (χ0) is 39.2. The summed E-state index contributed by atoms with van der Waals surface area (Å²) in [5, 5.41) is 13.0. The number of amides is 5. The highest BCUT2D eigenvalue weighted by molar-refractivity contribution is 7.72. The number of nitrogens with two attached hydrogens (primary N) is 1. The van der Waals surface area contributed by atoms with Crippen LogP contribution in [-0.2, 0) is 39.5 Å². The average Bonchev–Trinajstić information content (AvgIpc) is 3.01. The van der Waals surface area contributed by atoms with Gasteiger partial charge in [0.05, 0.1) is 19.1 Å². The Balaban J connectivity index is 2.73. The predicted octanol–water partition coefficient (Wildman–Crippen LogP) is -0.266. The van der Waals surface area contributed by atoms with Gasteiger partial charge in [0.1, 0.15) is 12.1 Å². The maximum absolute atomic E-state index is 12.9. The van der Waals surface area contributed by atoms with Gasteiger partial charge in [-0.1, -0.05) is 12.1 Å². The van der Waals surface area contributed by atoms with E-state index in [0.29, 0.717) is 29.7 Å². The second-order valence-corrected chi connectivity index (χ2v) is 16.9. The van der Waals surface area contributed by atoms with Crippen LogP contribution in [0.15, 0.2) is 24.3 Å². The van der Waals surface area contributed by atoms with Crippen LogP contribution < -0.4 is 26.6 Å². The van der Waals surface area contributed by atoms with Gasteiger partial charge < -0.3 is 56.0 Å². The molecule has 0 saturated heterocycles. The highest BCUT2D eigenvalue weighted by atomic mass is 35.5. The molecule has 23 heteroatoms. The summed E-state index contributed by atoms with van der Waals surface area (Å²) in [4.78, 5) is 102. The van der Waals surface area contributed by atoms with E-state index in [0.717, 1.165) is 11.3 Å². The summed E-state index contributed by atoms with van der Waals surface area (Å²) in [6.07, 6.45) is -2.74. The first kappa shape index (κ1) is 46.2. The first-order chi connectivity index (χ1) is 23.5. The van der Waals surface area contributed by atoms with Gasteiger partial charge in [0.15, 0.2) is 0 Å². The van der Waals surface area contributed by atoms with Crippen molar-refractivity contribution in [2.75, 3.05) is 55.9 Å². The minimum absolute atomic E-state index is 0.151. The molecule has 0 heterocycles. The lowest BCUT2D eigenvalue weighted by molar-refractivity contribution is -0.136. The van der Waals surface area contributed by atoms with Crippen molar-refractivity contribution in [2.45, 2.75) is 56.8 Å². The molecule has 0 aliphatic heterocycles. The van der Waals surface area contributed by atoms with Crippen LogP contribution in [-0.4, -0.2) is 127 Å². The Bertz CT molecular complexity index is 1430. The number of carbonyl (C=O) groups excluding carboxylic acids is 5. The van der Waals surface area contributed by atoms with Gasteiger partial charge in [-0.25, -0.2) is 9.69 Å². The summed E-state index contributed by atoms with van der Waals surface area (Å²) in [6, 6.07) is 6.27. The molecule has 0 bridgehead atoms. The zero-order valence-corrected chi connectivity index (χ0v) is 31.6. The predicted molar refractivity (Wildman–Crippen MR) is 187 cm³/mol. The monoisotopic (exact) mass is 806 g/mol. The van der Waals surface area contributed by atoms with E-state index in [9.17, 15) is 57.8 Å². The number of anilines is 1. The minimum atomic E-state index is -5.70. The fourth-order valence-electron chi connectivity index (χ4n) is 4.18. The van der Waals surface area contributed by atoms with Crippen LogP contribution in [0, 0.1) is 0 Å². The Labute approximate surface area is 304 Å². The zero-order valence-electron chi connectivity index (χ0n) is 28.3. The molecule has 0 aliphatic rings. The number of carbonyl (C=O) groups is 5. The Hall–Kier alpha value is -2.83. The molecule has 290 valence electrons. The minimum Gasteiger partial charge on any atom is -0.443 e. The maximum atomic E-state index is 12.9. The van der Waals surface area contributed by atoms with E-state index in [2.05, 4.69) is 16.0 Å². The summed E-state index contributed by atoms with van der Waals surface area (Å²) in [6.45, 7) is 2.85. The molecule has 51 heavy (non-hydrogen) atoms. The fourth-order valence-corrected chi connectivity index (χ4v) is 6.84. The Morgan fingerprint density at radius 2 is 1.43 bits per heavy atom. The van der Waals surface area contributed by atoms with Crippen LogP contribution in [0.5, 0.6) is 0 Å². The number of halogens is 2. The molecule has 0 aliphatic carbocycles. The van der Waals surface area contributed by atoms with Crippen molar-refractivity contribution in [3.05, 3.63) is 29.8 Å². The topological polar surface area (TPSA) is 298 Å². The normalized spacial score (nSPS) is 12.8. The number of hydrogen-bond donors (Lipinski definition) is 9. The highest BCUT2D eigenvalue weighted by Gasteiger charge is 2.58. The van der Waals surface area contributed by atoms with E-state index < -0.39 is 101 Å². The maximum Gasteiger partial charge on any atom is 0.417 e. The number of ether oxygens (including phenoxy) is 1. The Morgan fingerprint density at radius 1 is 0.882 bits per heavy atom. The van der Waals surface area contributed by atoms with Crippen LogP contribution >= 0.6 is 38.4 Å². The molecular weight excluding hydrogens is 761 g/mol. The Morgan fingerprint density at radius 3 is 1.92 bits per heavy atom. The van der Waals surface area contributed by atoms with Crippen LogP contribution in [0.25, 0.3) is 0 Å². The van der Waals surface area contributed by atoms with Crippen molar-refractivity contribution in [1.82, 2.24) is 20.9 Å². The fraction of sp³-hybridized carbons (Fsp3) is 0.607. The molecule has 19 nitrogen and oxygen atoms in total. The van der Waals surface area contributed by atoms with Gasteiger partial charge in [0, 0.05) is 43.5 Å². The van der Waals surface area contributed by atoms with Crippen molar-refractivity contribution in [3.8, 4) is 0 Å². The smallest absolute Gasteiger partial charge is 0.417 e. The second kappa shape index (κ2) is 20.4. The first-order valence-electron chi connectivity index (χ1n) is 15.3. The highest BCUT2D eigenvalue weighted by Crippen LogP contribution is 2.69. The number of alkyl halides is 2. The molecule has 1 atom stereocenters. The average molecular weight is 808 g/mol. The summed E-state index contributed by atoms with van der Waals surface area (Å²) < 4.78 is 28.1. The van der Waals surface area contributed by atoms with Crippen molar-refractivity contribution >= 4 is 73.8 Å². The van der Waals surface area contributed by atoms with E-state index in [4.69, 9.17) is 33.7 Å². The first-order valence-corrected chi connectivity index (χ1v) is 19.6. The van der Waals surface area contributed by atoms with E-state index in [-0.39, 0.29) is 6.42 Å². The molecule has 5 amide bonds. The van der Waals surface area contributed by atoms with E-state index in [1.807, 2.05) is 17.0 Å². The quantitative estimate of drug-likeness (QED) is 0.0466. The SMILES string of the molecule is CC(C)(C)OC(=O)N(CC(=O)NCCCC(O)(P(=O)(O)O)P(=O)(O)O)C(=O)CNC(=O)CNC(=O)[C@@H](N)Cc1ccc(N(CCCl)CCCl)cc1. The third-order valence-electron chi connectivity index (χ3n) is 6.82. The molecular formula is C28H46Cl2N6O13P2. The van der Waals surface area contributed by atoms with Gasteiger partial charge in [-0.3, -0.25) is 28.3 Å². The molecule has 0 fully saturated rings. The number of rotatable bonds is 20. The standard InChI is InChI=1S/C28H46Cl2N6O13P2/c1-27(2,3)49-26(41)36(18-23(38)32-12-4-9-28(42,50(43,44)45)51(46,47)48)24(39)17-33-22(37)16-34-25(40)21(31)15-19-5-7-20(8-6-19)35(13-10-29)14-11-30/h5-8,21,42H,4,9-18,31H2,1-3H3,(H,32,38)(H,33,37)(H,34,40)(H2,43,44,45)(H2,46,47,48)/t21-/m0/s1. The summed E-state index contributed by atoms with van der Waals surface area (Å²) in [5.74, 6) is -2.75. The lowest BCUT2D eigenvalue weighted by Crippen LogP contribution is -2.51. The summed E-state index contributed by atoms with van der Waals surface area (Å²) >= 11 is 11.7. The third-order valence-corrected chi connectivity index (χ3v) is 11.0. The number of aliphatic hydroxyl groups is 1. The summed E-state index contributed by atoms with van der Waals surface area (Å²) in [7, 11) is -11.4. The van der Waals surface area contributed by atoms with Crippen molar-refractivity contribution < 1.29 is 62.5 Å². The molecule has 1 aromatic rings. The third kappa shape index (κ3) is 15.8. The molecule has 0 aromatic heterocycles. The number of imide groups is 1. The molecule has 0 radical (unpaired) electrons. The second-order valence-electron chi connectivity index (χ2n) is 12.1. The van der Waals surface area contributed by atoms with Gasteiger partial charge in [-0.2, -0.15) is 0 Å². The Kier molecular flexibility index (Phi) is 18.5. The molecule has 10 N–H and O–H groups in total. The van der Waals surface area contributed by atoms with Crippen molar-refractivity contribution in [2.24, 2.45) is 5.73 Å². The molecule has 0 unspecified atom stereocenters. The number of nitrogens with zero attached hydrogens (tertiary/aromatic N) is 2. The van der Waals surface area contributed by atoms with Crippen LogP contribution in [0.2, 0.25) is 0 Å². The molecule has 0 saturated carbocycles. The lowest BCUT2D eigenvalue weighted by Gasteiger charge is -2.29. The van der Waals surface area contributed by atoms with Gasteiger partial charge in [-0.05, 0) is 51.3 Å². The number of nitrogens with one attached hydrogen (secondary N) is 3. The van der Waals surface area contributed by atoms with Gasteiger partial charge >= 0.3 is 21.3 Å². The van der Waals surface area contributed by atoms with E-state index in [1.165, 1.54) is 20.8 Å². The number of benzene rings is 1. The number of hydrogen-bond acceptors (Lipinski definition) is 11. The van der Waals surface area contributed by atoms with Crippen LogP contribution in [0.1, 0.15) is 39.2 Å². The van der Waals surface area contributed by atoms with Gasteiger partial charge in [0.25, 0.3) is 11.0 Å². The van der Waals surface area contributed by atoms with Crippen molar-refractivity contribution in [1.29, 1.82) is 0 Å².